The molecule has 20 heavy (non-hydrogen) atoms. The van der Waals surface area contributed by atoms with E-state index in [1.54, 1.807) is 0 Å². The zero-order valence-electron chi connectivity index (χ0n) is 11.4. The van der Waals surface area contributed by atoms with Crippen LogP contribution in [0.25, 0.3) is 11.1 Å². The summed E-state index contributed by atoms with van der Waals surface area (Å²) in [5.41, 5.74) is 3.76. The lowest BCUT2D eigenvalue weighted by Crippen LogP contribution is -1.91. The second kappa shape index (κ2) is 5.97. The van der Waals surface area contributed by atoms with E-state index in [-0.39, 0.29) is 0 Å². The molecule has 0 atom stereocenters. The van der Waals surface area contributed by atoms with Gasteiger partial charge in [0.05, 0.1) is 6.33 Å². The molecule has 0 aliphatic rings. The van der Waals surface area contributed by atoms with E-state index in [0.29, 0.717) is 0 Å². The summed E-state index contributed by atoms with van der Waals surface area (Å²) in [6.07, 6.45) is 3.76. The molecule has 2 aromatic carbocycles. The summed E-state index contributed by atoms with van der Waals surface area (Å²) >= 11 is 1.84. The molecule has 3 heteroatoms. The lowest BCUT2D eigenvalue weighted by molar-refractivity contribution is 0.867. The molecule has 100 valence electrons. The predicted octanol–water partition coefficient (Wildman–Crippen LogP) is 4.38. The van der Waals surface area contributed by atoms with Crippen LogP contribution in [-0.2, 0) is 12.8 Å². The number of benzene rings is 2. The quantitative estimate of drug-likeness (QED) is 0.660. The molecule has 2 nitrogen and oxygen atoms in total. The molecule has 3 rings (SSSR count). The van der Waals surface area contributed by atoms with Crippen molar-refractivity contribution in [3.8, 4) is 11.1 Å². The van der Waals surface area contributed by atoms with Crippen molar-refractivity contribution in [2.24, 2.45) is 7.05 Å². The molecular weight excluding hydrogens is 264 g/mol. The molecule has 0 N–H and O–H groups in total. The van der Waals surface area contributed by atoms with Crippen LogP contribution in [0.4, 0.5) is 0 Å². The first kappa shape index (κ1) is 13.0. The summed E-state index contributed by atoms with van der Waals surface area (Å²) in [7, 11) is 2.03. The van der Waals surface area contributed by atoms with E-state index in [4.69, 9.17) is 0 Å². The first-order chi connectivity index (χ1) is 9.83. The largest absolute Gasteiger partial charge is 0.337 e. The number of nitrogens with zero attached hydrogens (tertiary/aromatic N) is 2. The third-order valence-corrected chi connectivity index (χ3v) is 4.31. The zero-order valence-corrected chi connectivity index (χ0v) is 12.2. The molecule has 1 aromatic heterocycles. The topological polar surface area (TPSA) is 17.8 Å². The molecule has 0 radical (unpaired) electrons. The molecule has 0 unspecified atom stereocenters. The highest BCUT2D eigenvalue weighted by Gasteiger charge is 2.01. The molecule has 0 fully saturated rings. The van der Waals surface area contributed by atoms with Gasteiger partial charge in [0, 0.05) is 29.6 Å². The van der Waals surface area contributed by atoms with Crippen LogP contribution in [0.3, 0.4) is 0 Å². The SMILES string of the molecule is Cn1cncc1CSc1ccc(-c2ccccc2)cc1. The van der Waals surface area contributed by atoms with E-state index in [1.165, 1.54) is 21.7 Å². The Morgan fingerprint density at radius 1 is 0.950 bits per heavy atom. The molecule has 1 heterocycles. The molecule has 0 amide bonds. The summed E-state index contributed by atoms with van der Waals surface area (Å²) in [5, 5.41) is 0. The molecule has 0 bridgehead atoms. The normalized spacial score (nSPS) is 10.7. The molecule has 0 saturated carbocycles. The van der Waals surface area contributed by atoms with Crippen LogP contribution in [0, 0.1) is 0 Å². The zero-order chi connectivity index (χ0) is 13.8. The highest BCUT2D eigenvalue weighted by atomic mass is 32.2. The van der Waals surface area contributed by atoms with Gasteiger partial charge in [0.15, 0.2) is 0 Å². The van der Waals surface area contributed by atoms with Gasteiger partial charge in [-0.2, -0.15) is 0 Å². The van der Waals surface area contributed by atoms with Gasteiger partial charge >= 0.3 is 0 Å². The van der Waals surface area contributed by atoms with Crippen LogP contribution in [-0.4, -0.2) is 9.55 Å². The number of aromatic nitrogens is 2. The number of hydrogen-bond acceptors (Lipinski definition) is 2. The van der Waals surface area contributed by atoms with E-state index in [2.05, 4.69) is 58.1 Å². The maximum absolute atomic E-state index is 4.14. The van der Waals surface area contributed by atoms with Crippen molar-refractivity contribution in [1.82, 2.24) is 9.55 Å². The van der Waals surface area contributed by atoms with Gasteiger partial charge in [-0.25, -0.2) is 4.98 Å². The van der Waals surface area contributed by atoms with E-state index in [9.17, 15) is 0 Å². The van der Waals surface area contributed by atoms with Crippen LogP contribution in [0.2, 0.25) is 0 Å². The third kappa shape index (κ3) is 2.94. The van der Waals surface area contributed by atoms with Crippen molar-refractivity contribution in [3.05, 3.63) is 72.8 Å². The summed E-state index contributed by atoms with van der Waals surface area (Å²) < 4.78 is 2.06. The Bertz CT molecular complexity index is 672. The second-order valence-electron chi connectivity index (χ2n) is 4.67. The van der Waals surface area contributed by atoms with Crippen molar-refractivity contribution < 1.29 is 0 Å². The molecule has 0 saturated heterocycles. The Morgan fingerprint density at radius 2 is 1.65 bits per heavy atom. The number of aryl methyl sites for hydroxylation is 1. The Hall–Kier alpha value is -2.00. The average Bonchev–Trinajstić information content (AvgIpc) is 2.92. The van der Waals surface area contributed by atoms with Crippen LogP contribution in [0.1, 0.15) is 5.69 Å². The molecular formula is C17H16N2S. The minimum atomic E-state index is 0.946. The van der Waals surface area contributed by atoms with Gasteiger partial charge in [-0.15, -0.1) is 11.8 Å². The minimum absolute atomic E-state index is 0.946. The van der Waals surface area contributed by atoms with Crippen LogP contribution in [0.15, 0.2) is 72.0 Å². The lowest BCUT2D eigenvalue weighted by Gasteiger charge is -2.05. The van der Waals surface area contributed by atoms with Gasteiger partial charge in [-0.3, -0.25) is 0 Å². The van der Waals surface area contributed by atoms with E-state index in [1.807, 2.05) is 37.4 Å². The van der Waals surface area contributed by atoms with Gasteiger partial charge in [-0.1, -0.05) is 42.5 Å². The molecule has 0 aliphatic heterocycles. The minimum Gasteiger partial charge on any atom is -0.337 e. The number of rotatable bonds is 4. The van der Waals surface area contributed by atoms with Crippen LogP contribution >= 0.6 is 11.8 Å². The van der Waals surface area contributed by atoms with E-state index >= 15 is 0 Å². The second-order valence-corrected chi connectivity index (χ2v) is 5.72. The van der Waals surface area contributed by atoms with E-state index in [0.717, 1.165) is 5.75 Å². The Kier molecular flexibility index (Phi) is 3.88. The highest BCUT2D eigenvalue weighted by Crippen LogP contribution is 2.26. The van der Waals surface area contributed by atoms with Crippen molar-refractivity contribution in [1.29, 1.82) is 0 Å². The van der Waals surface area contributed by atoms with E-state index < -0.39 is 0 Å². The maximum Gasteiger partial charge on any atom is 0.0945 e. The fourth-order valence-corrected chi connectivity index (χ4v) is 2.98. The van der Waals surface area contributed by atoms with Gasteiger partial charge < -0.3 is 4.57 Å². The molecule has 0 aliphatic carbocycles. The van der Waals surface area contributed by atoms with Crippen molar-refractivity contribution >= 4 is 11.8 Å². The van der Waals surface area contributed by atoms with Crippen LogP contribution < -0.4 is 0 Å². The Balaban J connectivity index is 1.69. The van der Waals surface area contributed by atoms with Crippen molar-refractivity contribution in [3.63, 3.8) is 0 Å². The van der Waals surface area contributed by atoms with Gasteiger partial charge in [-0.05, 0) is 23.3 Å². The summed E-state index contributed by atoms with van der Waals surface area (Å²) in [4.78, 5) is 5.42. The standard InChI is InChI=1S/C17H16N2S/c1-19-13-18-11-16(19)12-20-17-9-7-15(8-10-17)14-5-3-2-4-6-14/h2-11,13H,12H2,1H3. The van der Waals surface area contributed by atoms with Crippen molar-refractivity contribution in [2.75, 3.05) is 0 Å². The monoisotopic (exact) mass is 280 g/mol. The fraction of sp³-hybridized carbons (Fsp3) is 0.118. The van der Waals surface area contributed by atoms with Gasteiger partial charge in [0.25, 0.3) is 0 Å². The molecule has 0 spiro atoms. The van der Waals surface area contributed by atoms with Crippen molar-refractivity contribution in [2.45, 2.75) is 10.6 Å². The van der Waals surface area contributed by atoms with Gasteiger partial charge in [0.2, 0.25) is 0 Å². The third-order valence-electron chi connectivity index (χ3n) is 3.26. The number of thioether (sulfide) groups is 1. The summed E-state index contributed by atoms with van der Waals surface area (Å²) in [5.74, 6) is 0.946. The smallest absolute Gasteiger partial charge is 0.0945 e. The maximum atomic E-state index is 4.14. The first-order valence-corrected chi connectivity index (χ1v) is 7.55. The fourth-order valence-electron chi connectivity index (χ4n) is 2.06. The highest BCUT2D eigenvalue weighted by molar-refractivity contribution is 7.98. The number of hydrogen-bond donors (Lipinski definition) is 0. The Labute approximate surface area is 123 Å². The lowest BCUT2D eigenvalue weighted by atomic mass is 10.1. The number of imidazole rings is 1. The first-order valence-electron chi connectivity index (χ1n) is 6.56. The summed E-state index contributed by atoms with van der Waals surface area (Å²) in [6, 6.07) is 19.2. The summed E-state index contributed by atoms with van der Waals surface area (Å²) in [6.45, 7) is 0. The molecule has 3 aromatic rings. The Morgan fingerprint density at radius 3 is 2.30 bits per heavy atom. The van der Waals surface area contributed by atoms with Gasteiger partial charge in [0.1, 0.15) is 0 Å². The average molecular weight is 280 g/mol. The van der Waals surface area contributed by atoms with Crippen LogP contribution in [0.5, 0.6) is 0 Å². The predicted molar refractivity (Wildman–Crippen MR) is 84.6 cm³/mol.